The van der Waals surface area contributed by atoms with E-state index in [-0.39, 0.29) is 0 Å². The van der Waals surface area contributed by atoms with Gasteiger partial charge in [-0.25, -0.2) is 0 Å². The minimum Gasteiger partial charge on any atom is -0.381 e. The zero-order valence-corrected chi connectivity index (χ0v) is 12.7. The number of nitrogens with zero attached hydrogens (tertiary/aromatic N) is 2. The van der Waals surface area contributed by atoms with E-state index >= 15 is 0 Å². The summed E-state index contributed by atoms with van der Waals surface area (Å²) in [5.41, 5.74) is 0. The lowest BCUT2D eigenvalue weighted by atomic mass is 10.1. The number of nitrogens with one attached hydrogen (secondary N) is 1. The maximum atomic E-state index is 5.39. The lowest BCUT2D eigenvalue weighted by Gasteiger charge is -2.27. The molecule has 112 valence electrons. The average Bonchev–Trinajstić information content (AvgIpc) is 3.05. The Labute approximate surface area is 118 Å². The molecule has 0 spiro atoms. The Balaban J connectivity index is 1.52. The average molecular weight is 269 g/mol. The zero-order chi connectivity index (χ0) is 13.5. The molecule has 2 atom stereocenters. The van der Waals surface area contributed by atoms with E-state index in [0.29, 0.717) is 0 Å². The van der Waals surface area contributed by atoms with Crippen molar-refractivity contribution >= 4 is 0 Å². The fourth-order valence-corrected chi connectivity index (χ4v) is 3.29. The number of ether oxygens (including phenoxy) is 1. The summed E-state index contributed by atoms with van der Waals surface area (Å²) in [6.45, 7) is 11.3. The van der Waals surface area contributed by atoms with Crippen LogP contribution >= 0.6 is 0 Å². The van der Waals surface area contributed by atoms with E-state index in [9.17, 15) is 0 Å². The van der Waals surface area contributed by atoms with Crippen molar-refractivity contribution in [1.82, 2.24) is 15.1 Å². The molecule has 0 aromatic carbocycles. The molecule has 2 aliphatic heterocycles. The van der Waals surface area contributed by atoms with Crippen molar-refractivity contribution in [3.05, 3.63) is 0 Å². The van der Waals surface area contributed by atoms with Gasteiger partial charge in [0.15, 0.2) is 0 Å². The quantitative estimate of drug-likeness (QED) is 0.666. The topological polar surface area (TPSA) is 27.7 Å². The highest BCUT2D eigenvalue weighted by Crippen LogP contribution is 2.17. The molecular weight excluding hydrogens is 238 g/mol. The summed E-state index contributed by atoms with van der Waals surface area (Å²) in [4.78, 5) is 5.11. The summed E-state index contributed by atoms with van der Waals surface area (Å²) < 4.78 is 5.39. The summed E-state index contributed by atoms with van der Waals surface area (Å²) in [5.74, 6) is 0.746. The standard InChI is InChI=1S/C15H31N3O/c1-3-18-8-4-5-15(18)12-17(2)9-7-16-11-14-6-10-19-13-14/h14-16H,3-13H2,1-2H3. The molecule has 0 bridgehead atoms. The number of hydrogen-bond donors (Lipinski definition) is 1. The van der Waals surface area contributed by atoms with Crippen LogP contribution in [0.5, 0.6) is 0 Å². The van der Waals surface area contributed by atoms with Crippen LogP contribution in [0.15, 0.2) is 0 Å². The Morgan fingerprint density at radius 3 is 3.00 bits per heavy atom. The molecule has 4 nitrogen and oxygen atoms in total. The maximum Gasteiger partial charge on any atom is 0.0507 e. The van der Waals surface area contributed by atoms with Gasteiger partial charge in [0.25, 0.3) is 0 Å². The first-order valence-corrected chi connectivity index (χ1v) is 8.00. The van der Waals surface area contributed by atoms with Crippen molar-refractivity contribution in [2.45, 2.75) is 32.2 Å². The van der Waals surface area contributed by atoms with Crippen molar-refractivity contribution in [1.29, 1.82) is 0 Å². The van der Waals surface area contributed by atoms with Gasteiger partial charge in [-0.2, -0.15) is 0 Å². The molecule has 0 aliphatic carbocycles. The minimum atomic E-state index is 0.746. The third-order valence-corrected chi connectivity index (χ3v) is 4.55. The first-order chi connectivity index (χ1) is 9.29. The van der Waals surface area contributed by atoms with E-state index in [0.717, 1.165) is 44.8 Å². The molecule has 2 unspecified atom stereocenters. The predicted octanol–water partition coefficient (Wildman–Crippen LogP) is 1.03. The molecule has 0 radical (unpaired) electrons. The Morgan fingerprint density at radius 2 is 2.26 bits per heavy atom. The van der Waals surface area contributed by atoms with Gasteiger partial charge in [0.05, 0.1) is 6.61 Å². The fourth-order valence-electron chi connectivity index (χ4n) is 3.29. The normalized spacial score (nSPS) is 28.6. The van der Waals surface area contributed by atoms with E-state index in [4.69, 9.17) is 4.74 Å². The molecule has 0 aromatic rings. The molecule has 2 heterocycles. The second-order valence-electron chi connectivity index (χ2n) is 6.12. The molecule has 2 rings (SSSR count). The summed E-state index contributed by atoms with van der Waals surface area (Å²) in [7, 11) is 2.26. The Hall–Kier alpha value is -0.160. The highest BCUT2D eigenvalue weighted by molar-refractivity contribution is 4.80. The van der Waals surface area contributed by atoms with Gasteiger partial charge in [-0.05, 0) is 45.3 Å². The smallest absolute Gasteiger partial charge is 0.0507 e. The monoisotopic (exact) mass is 269 g/mol. The summed E-state index contributed by atoms with van der Waals surface area (Å²) in [6.07, 6.45) is 3.99. The van der Waals surface area contributed by atoms with Gasteiger partial charge in [-0.1, -0.05) is 6.92 Å². The summed E-state index contributed by atoms with van der Waals surface area (Å²) >= 11 is 0. The second-order valence-corrected chi connectivity index (χ2v) is 6.12. The largest absolute Gasteiger partial charge is 0.381 e. The molecule has 2 saturated heterocycles. The van der Waals surface area contributed by atoms with Gasteiger partial charge >= 0.3 is 0 Å². The van der Waals surface area contributed by atoms with E-state index < -0.39 is 0 Å². The number of likely N-dealkylation sites (tertiary alicyclic amines) is 1. The summed E-state index contributed by atoms with van der Waals surface area (Å²) in [5, 5.41) is 3.57. The van der Waals surface area contributed by atoms with Crippen LogP contribution in [-0.4, -0.2) is 75.4 Å². The molecular formula is C15H31N3O. The van der Waals surface area contributed by atoms with Crippen LogP contribution in [0.25, 0.3) is 0 Å². The molecule has 2 fully saturated rings. The molecule has 0 amide bonds. The van der Waals surface area contributed by atoms with E-state index in [2.05, 4.69) is 29.1 Å². The molecule has 19 heavy (non-hydrogen) atoms. The predicted molar refractivity (Wildman–Crippen MR) is 79.6 cm³/mol. The van der Waals surface area contributed by atoms with Gasteiger partial charge < -0.3 is 15.0 Å². The van der Waals surface area contributed by atoms with Crippen molar-refractivity contribution in [2.24, 2.45) is 5.92 Å². The van der Waals surface area contributed by atoms with Crippen molar-refractivity contribution in [2.75, 3.05) is 59.5 Å². The van der Waals surface area contributed by atoms with Crippen molar-refractivity contribution < 1.29 is 4.74 Å². The van der Waals surface area contributed by atoms with E-state index in [1.807, 2.05) is 0 Å². The molecule has 0 aromatic heterocycles. The number of rotatable bonds is 8. The van der Waals surface area contributed by atoms with Crippen LogP contribution in [0.4, 0.5) is 0 Å². The summed E-state index contributed by atoms with van der Waals surface area (Å²) in [6, 6.07) is 0.790. The van der Waals surface area contributed by atoms with Crippen LogP contribution in [0, 0.1) is 5.92 Å². The van der Waals surface area contributed by atoms with Gasteiger partial charge in [0.2, 0.25) is 0 Å². The highest BCUT2D eigenvalue weighted by atomic mass is 16.5. The Morgan fingerprint density at radius 1 is 1.37 bits per heavy atom. The highest BCUT2D eigenvalue weighted by Gasteiger charge is 2.23. The lowest BCUT2D eigenvalue weighted by molar-refractivity contribution is 0.183. The van der Waals surface area contributed by atoms with Gasteiger partial charge in [-0.15, -0.1) is 0 Å². The third-order valence-electron chi connectivity index (χ3n) is 4.55. The van der Waals surface area contributed by atoms with Gasteiger partial charge in [0.1, 0.15) is 0 Å². The molecule has 2 aliphatic rings. The second kappa shape index (κ2) is 8.20. The van der Waals surface area contributed by atoms with Crippen LogP contribution in [0.2, 0.25) is 0 Å². The molecule has 0 saturated carbocycles. The van der Waals surface area contributed by atoms with Crippen LogP contribution in [-0.2, 0) is 4.74 Å². The number of hydrogen-bond acceptors (Lipinski definition) is 4. The van der Waals surface area contributed by atoms with Gasteiger partial charge in [0, 0.05) is 38.8 Å². The first-order valence-electron chi connectivity index (χ1n) is 8.00. The first kappa shape index (κ1) is 15.2. The van der Waals surface area contributed by atoms with E-state index in [1.165, 1.54) is 38.9 Å². The number of likely N-dealkylation sites (N-methyl/N-ethyl adjacent to an activating group) is 2. The van der Waals surface area contributed by atoms with Crippen LogP contribution in [0.1, 0.15) is 26.2 Å². The van der Waals surface area contributed by atoms with Crippen molar-refractivity contribution in [3.63, 3.8) is 0 Å². The van der Waals surface area contributed by atoms with Crippen LogP contribution in [0.3, 0.4) is 0 Å². The molecule has 4 heteroatoms. The van der Waals surface area contributed by atoms with Crippen molar-refractivity contribution in [3.8, 4) is 0 Å². The zero-order valence-electron chi connectivity index (χ0n) is 12.7. The fraction of sp³-hybridized carbons (Fsp3) is 1.00. The maximum absolute atomic E-state index is 5.39. The Bertz CT molecular complexity index is 244. The lowest BCUT2D eigenvalue weighted by Crippen LogP contribution is -2.41. The van der Waals surface area contributed by atoms with Crippen LogP contribution < -0.4 is 5.32 Å². The SMILES string of the molecule is CCN1CCCC1CN(C)CCNCC1CCOC1. The van der Waals surface area contributed by atoms with Gasteiger partial charge in [-0.3, -0.25) is 4.90 Å². The molecule has 1 N–H and O–H groups in total. The minimum absolute atomic E-state index is 0.746. The third kappa shape index (κ3) is 5.03. The van der Waals surface area contributed by atoms with E-state index in [1.54, 1.807) is 0 Å². The Kier molecular flexibility index (Phi) is 6.57.